The van der Waals surface area contributed by atoms with E-state index in [1.165, 1.54) is 0 Å². The van der Waals surface area contributed by atoms with E-state index in [2.05, 4.69) is 15.2 Å². The molecule has 0 N–H and O–H groups in total. The van der Waals surface area contributed by atoms with Crippen LogP contribution in [-0.2, 0) is 5.75 Å². The van der Waals surface area contributed by atoms with Gasteiger partial charge in [0.1, 0.15) is 6.33 Å². The van der Waals surface area contributed by atoms with Crippen LogP contribution in [0.3, 0.4) is 0 Å². The van der Waals surface area contributed by atoms with Crippen LogP contribution in [0.2, 0.25) is 5.02 Å². The Kier molecular flexibility index (Phi) is 4.60. The zero-order valence-electron chi connectivity index (χ0n) is 11.8. The molecular formula is C15H13ClN4OS. The average molecular weight is 333 g/mol. The Morgan fingerprint density at radius 2 is 2.09 bits per heavy atom. The molecule has 0 atom stereocenters. The number of nitrogens with zero attached hydrogens (tertiary/aromatic N) is 4. The number of hydrogen-bond donors (Lipinski definition) is 0. The summed E-state index contributed by atoms with van der Waals surface area (Å²) in [5.74, 6) is 1.30. The quantitative estimate of drug-likeness (QED) is 0.668. The Bertz CT molecular complexity index is 760. The SMILES string of the molecule is COc1ccc(-n2cnnc2SCc2ccccc2Cl)cn1. The zero-order valence-corrected chi connectivity index (χ0v) is 13.4. The van der Waals surface area contributed by atoms with Crippen LogP contribution in [-0.4, -0.2) is 26.9 Å². The standard InChI is InChI=1S/C15H13ClN4OS/c1-21-14-7-6-12(8-17-14)20-10-18-19-15(20)22-9-11-4-2-3-5-13(11)16/h2-8,10H,9H2,1H3. The van der Waals surface area contributed by atoms with Gasteiger partial charge in [-0.25, -0.2) is 4.98 Å². The van der Waals surface area contributed by atoms with E-state index < -0.39 is 0 Å². The Morgan fingerprint density at radius 1 is 1.23 bits per heavy atom. The van der Waals surface area contributed by atoms with Gasteiger partial charge >= 0.3 is 0 Å². The third-order valence-corrected chi connectivity index (χ3v) is 4.40. The van der Waals surface area contributed by atoms with E-state index in [0.717, 1.165) is 27.2 Å². The van der Waals surface area contributed by atoms with Crippen molar-refractivity contribution >= 4 is 23.4 Å². The first-order chi connectivity index (χ1) is 10.8. The summed E-state index contributed by atoms with van der Waals surface area (Å²) in [6.07, 6.45) is 3.39. The minimum atomic E-state index is 0.571. The fraction of sp³-hybridized carbons (Fsp3) is 0.133. The van der Waals surface area contributed by atoms with Crippen molar-refractivity contribution in [3.63, 3.8) is 0 Å². The van der Waals surface area contributed by atoms with Crippen molar-refractivity contribution < 1.29 is 4.74 Å². The summed E-state index contributed by atoms with van der Waals surface area (Å²) in [5, 5.41) is 9.67. The van der Waals surface area contributed by atoms with E-state index in [1.54, 1.807) is 37.5 Å². The van der Waals surface area contributed by atoms with E-state index in [9.17, 15) is 0 Å². The smallest absolute Gasteiger partial charge is 0.213 e. The van der Waals surface area contributed by atoms with Gasteiger partial charge in [0.05, 0.1) is 19.0 Å². The van der Waals surface area contributed by atoms with E-state index in [4.69, 9.17) is 16.3 Å². The lowest BCUT2D eigenvalue weighted by Crippen LogP contribution is -1.97. The van der Waals surface area contributed by atoms with Gasteiger partial charge in [-0.2, -0.15) is 0 Å². The van der Waals surface area contributed by atoms with Crippen molar-refractivity contribution in [1.82, 2.24) is 19.7 Å². The molecule has 0 fully saturated rings. The molecule has 0 saturated carbocycles. The Morgan fingerprint density at radius 3 is 2.82 bits per heavy atom. The number of rotatable bonds is 5. The van der Waals surface area contributed by atoms with E-state index in [0.29, 0.717) is 5.88 Å². The van der Waals surface area contributed by atoms with Crippen molar-refractivity contribution in [2.24, 2.45) is 0 Å². The molecule has 1 aromatic carbocycles. The number of methoxy groups -OCH3 is 1. The maximum absolute atomic E-state index is 6.17. The largest absolute Gasteiger partial charge is 0.481 e. The maximum Gasteiger partial charge on any atom is 0.213 e. The zero-order chi connectivity index (χ0) is 15.4. The molecule has 7 heteroatoms. The monoisotopic (exact) mass is 332 g/mol. The van der Waals surface area contributed by atoms with Crippen LogP contribution < -0.4 is 4.74 Å². The molecule has 0 radical (unpaired) electrons. The summed E-state index contributed by atoms with van der Waals surface area (Å²) in [4.78, 5) is 4.20. The summed E-state index contributed by atoms with van der Waals surface area (Å²) >= 11 is 7.75. The highest BCUT2D eigenvalue weighted by Crippen LogP contribution is 2.26. The summed E-state index contributed by atoms with van der Waals surface area (Å²) in [7, 11) is 1.59. The minimum absolute atomic E-state index is 0.571. The van der Waals surface area contributed by atoms with Crippen molar-refractivity contribution in [3.8, 4) is 11.6 Å². The van der Waals surface area contributed by atoms with Gasteiger partial charge in [0.2, 0.25) is 5.88 Å². The normalized spacial score (nSPS) is 10.6. The third-order valence-electron chi connectivity index (χ3n) is 3.04. The number of thioether (sulfide) groups is 1. The molecule has 112 valence electrons. The average Bonchev–Trinajstić information content (AvgIpc) is 3.03. The first kappa shape index (κ1) is 14.9. The van der Waals surface area contributed by atoms with Crippen LogP contribution in [0.1, 0.15) is 5.56 Å². The van der Waals surface area contributed by atoms with Gasteiger partial charge in [-0.1, -0.05) is 41.6 Å². The molecular weight excluding hydrogens is 320 g/mol. The lowest BCUT2D eigenvalue weighted by atomic mass is 10.2. The Hall–Kier alpha value is -2.05. The Labute approximate surface area is 137 Å². The Balaban J connectivity index is 1.78. The number of hydrogen-bond acceptors (Lipinski definition) is 5. The topological polar surface area (TPSA) is 52.8 Å². The summed E-state index contributed by atoms with van der Waals surface area (Å²) in [6.45, 7) is 0. The number of aromatic nitrogens is 4. The van der Waals surface area contributed by atoms with Crippen molar-refractivity contribution in [2.75, 3.05) is 7.11 Å². The van der Waals surface area contributed by atoms with Gasteiger partial charge in [-0.05, 0) is 17.7 Å². The highest BCUT2D eigenvalue weighted by atomic mass is 35.5. The molecule has 0 aliphatic rings. The highest BCUT2D eigenvalue weighted by Gasteiger charge is 2.09. The van der Waals surface area contributed by atoms with E-state index in [-0.39, 0.29) is 0 Å². The molecule has 2 heterocycles. The minimum Gasteiger partial charge on any atom is -0.481 e. The van der Waals surface area contributed by atoms with Gasteiger partial charge in [-0.3, -0.25) is 4.57 Å². The molecule has 0 unspecified atom stereocenters. The number of ether oxygens (including phenoxy) is 1. The predicted octanol–water partition coefficient (Wildman–Crippen LogP) is 3.62. The number of pyridine rings is 1. The van der Waals surface area contributed by atoms with Crippen molar-refractivity contribution in [2.45, 2.75) is 10.9 Å². The van der Waals surface area contributed by atoms with Crippen LogP contribution in [0.5, 0.6) is 5.88 Å². The number of halogens is 1. The fourth-order valence-corrected chi connectivity index (χ4v) is 3.11. The molecule has 0 aliphatic carbocycles. The van der Waals surface area contributed by atoms with Crippen LogP contribution >= 0.6 is 23.4 Å². The fourth-order valence-electron chi connectivity index (χ4n) is 1.89. The lowest BCUT2D eigenvalue weighted by molar-refractivity contribution is 0.397. The molecule has 0 bridgehead atoms. The van der Waals surface area contributed by atoms with Crippen LogP contribution in [0, 0.1) is 0 Å². The van der Waals surface area contributed by atoms with Gasteiger partial charge in [0, 0.05) is 16.8 Å². The first-order valence-electron chi connectivity index (χ1n) is 6.54. The van der Waals surface area contributed by atoms with Gasteiger partial charge in [0.25, 0.3) is 0 Å². The van der Waals surface area contributed by atoms with Crippen LogP contribution in [0.4, 0.5) is 0 Å². The lowest BCUT2D eigenvalue weighted by Gasteiger charge is -2.07. The van der Waals surface area contributed by atoms with Gasteiger partial charge in [0.15, 0.2) is 5.16 Å². The summed E-state index contributed by atoms with van der Waals surface area (Å²) in [5.41, 5.74) is 1.95. The first-order valence-corrected chi connectivity index (χ1v) is 7.91. The molecule has 0 aliphatic heterocycles. The van der Waals surface area contributed by atoms with Crippen molar-refractivity contribution in [1.29, 1.82) is 0 Å². The van der Waals surface area contributed by atoms with Gasteiger partial charge in [-0.15, -0.1) is 10.2 Å². The van der Waals surface area contributed by atoms with Gasteiger partial charge < -0.3 is 4.74 Å². The number of benzene rings is 1. The second-order valence-electron chi connectivity index (χ2n) is 4.42. The van der Waals surface area contributed by atoms with Crippen LogP contribution in [0.15, 0.2) is 54.1 Å². The summed E-state index contributed by atoms with van der Waals surface area (Å²) in [6, 6.07) is 11.5. The second kappa shape index (κ2) is 6.81. The molecule has 3 aromatic rings. The third kappa shape index (κ3) is 3.23. The maximum atomic E-state index is 6.17. The highest BCUT2D eigenvalue weighted by molar-refractivity contribution is 7.98. The molecule has 2 aromatic heterocycles. The second-order valence-corrected chi connectivity index (χ2v) is 5.77. The molecule has 0 saturated heterocycles. The molecule has 5 nitrogen and oxygen atoms in total. The predicted molar refractivity (Wildman–Crippen MR) is 86.7 cm³/mol. The molecule has 22 heavy (non-hydrogen) atoms. The summed E-state index contributed by atoms with van der Waals surface area (Å²) < 4.78 is 6.95. The molecule has 3 rings (SSSR count). The van der Waals surface area contributed by atoms with Crippen LogP contribution in [0.25, 0.3) is 5.69 Å². The van der Waals surface area contributed by atoms with Crippen molar-refractivity contribution in [3.05, 3.63) is 59.5 Å². The molecule has 0 spiro atoms. The molecule has 0 amide bonds. The van der Waals surface area contributed by atoms with E-state index >= 15 is 0 Å². The van der Waals surface area contributed by atoms with E-state index in [1.807, 2.05) is 34.9 Å².